The Bertz CT molecular complexity index is 768. The van der Waals surface area contributed by atoms with Gasteiger partial charge in [-0.25, -0.2) is 18.5 Å². The lowest BCUT2D eigenvalue weighted by molar-refractivity contribution is 0.597. The highest BCUT2D eigenvalue weighted by atomic mass is 32.2. The van der Waals surface area contributed by atoms with Crippen molar-refractivity contribution in [3.05, 3.63) is 33.8 Å². The third-order valence-electron chi connectivity index (χ3n) is 3.30. The van der Waals surface area contributed by atoms with Crippen molar-refractivity contribution < 1.29 is 8.42 Å². The van der Waals surface area contributed by atoms with E-state index in [1.807, 2.05) is 18.9 Å². The van der Waals surface area contributed by atoms with Gasteiger partial charge < -0.3 is 10.6 Å². The number of benzene rings is 1. The molecule has 2 aromatic rings. The quantitative estimate of drug-likeness (QED) is 0.831. The summed E-state index contributed by atoms with van der Waals surface area (Å²) < 4.78 is 23.3. The van der Waals surface area contributed by atoms with Gasteiger partial charge in [-0.05, 0) is 31.5 Å². The predicted molar refractivity (Wildman–Crippen MR) is 85.9 cm³/mol. The van der Waals surface area contributed by atoms with Gasteiger partial charge in [0.25, 0.3) is 0 Å². The number of nitrogens with zero attached hydrogens (tertiary/aromatic N) is 2. The lowest BCUT2D eigenvalue weighted by Gasteiger charge is -2.23. The van der Waals surface area contributed by atoms with Crippen molar-refractivity contribution in [3.8, 4) is 0 Å². The van der Waals surface area contributed by atoms with Crippen LogP contribution < -0.4 is 15.8 Å². The van der Waals surface area contributed by atoms with E-state index in [0.717, 1.165) is 16.3 Å². The van der Waals surface area contributed by atoms with E-state index in [4.69, 9.17) is 10.9 Å². The average molecular weight is 326 g/mol. The molecule has 6 nitrogen and oxygen atoms in total. The number of hydrogen-bond donors (Lipinski definition) is 2. The Labute approximate surface area is 128 Å². The average Bonchev–Trinajstić information content (AvgIpc) is 2.76. The van der Waals surface area contributed by atoms with Crippen LogP contribution in [0.2, 0.25) is 0 Å². The summed E-state index contributed by atoms with van der Waals surface area (Å²) >= 11 is 1.57. The van der Waals surface area contributed by atoms with Gasteiger partial charge in [0.1, 0.15) is 0 Å². The van der Waals surface area contributed by atoms with Crippen LogP contribution in [0.5, 0.6) is 0 Å². The molecule has 0 spiro atoms. The standard InChI is InChI=1S/C13H18N4O2S2/c1-8-11(4-10(14)5-13(8)21(15,18)19)17(3)6-12-9(2)16-7-20-12/h4-5,7H,6,14H2,1-3H3,(H2,15,18,19). The minimum atomic E-state index is -3.80. The van der Waals surface area contributed by atoms with Crippen molar-refractivity contribution in [3.63, 3.8) is 0 Å². The first-order valence-electron chi connectivity index (χ1n) is 6.23. The molecule has 4 N–H and O–H groups in total. The molecule has 0 aliphatic heterocycles. The monoisotopic (exact) mass is 326 g/mol. The number of nitrogen functional groups attached to an aromatic ring is 1. The molecule has 0 atom stereocenters. The minimum absolute atomic E-state index is 0.0605. The molecule has 0 aliphatic rings. The van der Waals surface area contributed by atoms with E-state index in [1.54, 1.807) is 29.8 Å². The van der Waals surface area contributed by atoms with Crippen molar-refractivity contribution in [2.45, 2.75) is 25.3 Å². The first kappa shape index (κ1) is 15.7. The third-order valence-corrected chi connectivity index (χ3v) is 5.26. The second-order valence-electron chi connectivity index (χ2n) is 4.93. The molecular formula is C13H18N4O2S2. The van der Waals surface area contributed by atoms with Crippen LogP contribution in [0.15, 0.2) is 22.5 Å². The van der Waals surface area contributed by atoms with Crippen LogP contribution in [-0.4, -0.2) is 20.4 Å². The summed E-state index contributed by atoms with van der Waals surface area (Å²) in [5.74, 6) is 0. The molecule has 0 amide bonds. The molecule has 114 valence electrons. The van der Waals surface area contributed by atoms with Gasteiger partial charge in [0, 0.05) is 23.3 Å². The van der Waals surface area contributed by atoms with Crippen LogP contribution >= 0.6 is 11.3 Å². The molecule has 21 heavy (non-hydrogen) atoms. The smallest absolute Gasteiger partial charge is 0.238 e. The number of hydrogen-bond acceptors (Lipinski definition) is 6. The van der Waals surface area contributed by atoms with Crippen molar-refractivity contribution in [2.24, 2.45) is 5.14 Å². The number of thiazole rings is 1. The molecule has 1 heterocycles. The maximum atomic E-state index is 11.6. The fourth-order valence-corrected chi connectivity index (χ4v) is 3.83. The molecule has 2 rings (SSSR count). The third kappa shape index (κ3) is 3.34. The van der Waals surface area contributed by atoms with Crippen LogP contribution in [0, 0.1) is 13.8 Å². The van der Waals surface area contributed by atoms with Crippen molar-refractivity contribution in [2.75, 3.05) is 17.7 Å². The molecule has 0 saturated heterocycles. The largest absolute Gasteiger partial charge is 0.399 e. The Morgan fingerprint density at radius 3 is 2.52 bits per heavy atom. The lowest BCUT2D eigenvalue weighted by Crippen LogP contribution is -2.20. The molecule has 8 heteroatoms. The Morgan fingerprint density at radius 2 is 2.00 bits per heavy atom. The Hall–Kier alpha value is -1.64. The number of primary sulfonamides is 1. The highest BCUT2D eigenvalue weighted by molar-refractivity contribution is 7.89. The number of anilines is 2. The molecule has 0 bridgehead atoms. The van der Waals surface area contributed by atoms with E-state index < -0.39 is 10.0 Å². The summed E-state index contributed by atoms with van der Waals surface area (Å²) in [7, 11) is -1.92. The van der Waals surface area contributed by atoms with Gasteiger partial charge in [-0.1, -0.05) is 0 Å². The zero-order chi connectivity index (χ0) is 15.8. The van der Waals surface area contributed by atoms with Gasteiger partial charge in [0.05, 0.1) is 22.6 Å². The van der Waals surface area contributed by atoms with Gasteiger partial charge in [0.15, 0.2) is 0 Å². The van der Waals surface area contributed by atoms with E-state index in [0.29, 0.717) is 17.8 Å². The van der Waals surface area contributed by atoms with Gasteiger partial charge in [-0.15, -0.1) is 11.3 Å². The van der Waals surface area contributed by atoms with Gasteiger partial charge >= 0.3 is 0 Å². The normalized spacial score (nSPS) is 11.6. The molecular weight excluding hydrogens is 308 g/mol. The van der Waals surface area contributed by atoms with Crippen molar-refractivity contribution >= 4 is 32.7 Å². The molecule has 0 aliphatic carbocycles. The van der Waals surface area contributed by atoms with Crippen LogP contribution in [0.1, 0.15) is 16.1 Å². The van der Waals surface area contributed by atoms with E-state index in [-0.39, 0.29) is 4.90 Å². The van der Waals surface area contributed by atoms with Crippen molar-refractivity contribution in [1.29, 1.82) is 0 Å². The second kappa shape index (κ2) is 5.63. The second-order valence-corrected chi connectivity index (χ2v) is 7.39. The van der Waals surface area contributed by atoms with Crippen LogP contribution in [0.25, 0.3) is 0 Å². The lowest BCUT2D eigenvalue weighted by atomic mass is 10.1. The number of nitrogens with two attached hydrogens (primary N) is 2. The zero-order valence-electron chi connectivity index (χ0n) is 12.1. The molecule has 1 aromatic heterocycles. The fraction of sp³-hybridized carbons (Fsp3) is 0.308. The van der Waals surface area contributed by atoms with Gasteiger partial charge in [-0.2, -0.15) is 0 Å². The molecule has 1 aromatic carbocycles. The van der Waals surface area contributed by atoms with E-state index in [9.17, 15) is 8.42 Å². The molecule has 0 saturated carbocycles. The van der Waals surface area contributed by atoms with E-state index in [2.05, 4.69) is 4.98 Å². The highest BCUT2D eigenvalue weighted by Gasteiger charge is 2.18. The van der Waals surface area contributed by atoms with E-state index >= 15 is 0 Å². The topological polar surface area (TPSA) is 102 Å². The highest BCUT2D eigenvalue weighted by Crippen LogP contribution is 2.30. The molecule has 0 radical (unpaired) electrons. The maximum Gasteiger partial charge on any atom is 0.238 e. The SMILES string of the molecule is Cc1ncsc1CN(C)c1cc(N)cc(S(N)(=O)=O)c1C. The Balaban J connectivity index is 2.44. The summed E-state index contributed by atoms with van der Waals surface area (Å²) in [5.41, 5.74) is 10.3. The summed E-state index contributed by atoms with van der Waals surface area (Å²) in [5, 5.41) is 5.25. The number of rotatable bonds is 4. The summed E-state index contributed by atoms with van der Waals surface area (Å²) in [6, 6.07) is 3.14. The summed E-state index contributed by atoms with van der Waals surface area (Å²) in [4.78, 5) is 7.34. The Morgan fingerprint density at radius 1 is 1.33 bits per heavy atom. The predicted octanol–water partition coefficient (Wildman–Crippen LogP) is 1.63. The Kier molecular flexibility index (Phi) is 4.22. The fourth-order valence-electron chi connectivity index (χ4n) is 2.16. The molecule has 0 fully saturated rings. The zero-order valence-corrected chi connectivity index (χ0v) is 13.8. The van der Waals surface area contributed by atoms with Gasteiger partial charge in [-0.3, -0.25) is 0 Å². The van der Waals surface area contributed by atoms with Crippen LogP contribution in [0.4, 0.5) is 11.4 Å². The first-order valence-corrected chi connectivity index (χ1v) is 8.65. The minimum Gasteiger partial charge on any atom is -0.399 e. The van der Waals surface area contributed by atoms with E-state index in [1.165, 1.54) is 6.07 Å². The molecule has 0 unspecified atom stereocenters. The first-order chi connectivity index (χ1) is 9.70. The van der Waals surface area contributed by atoms with Crippen LogP contribution in [0.3, 0.4) is 0 Å². The van der Waals surface area contributed by atoms with Crippen LogP contribution in [-0.2, 0) is 16.6 Å². The number of aromatic nitrogens is 1. The number of sulfonamides is 1. The number of aryl methyl sites for hydroxylation is 1. The summed E-state index contributed by atoms with van der Waals surface area (Å²) in [6.45, 7) is 4.30. The maximum absolute atomic E-state index is 11.6. The summed E-state index contributed by atoms with van der Waals surface area (Å²) in [6.07, 6.45) is 0. The van der Waals surface area contributed by atoms with Crippen molar-refractivity contribution in [1.82, 2.24) is 4.98 Å². The van der Waals surface area contributed by atoms with Gasteiger partial charge in [0.2, 0.25) is 10.0 Å².